The lowest BCUT2D eigenvalue weighted by Gasteiger charge is -2.10. The van der Waals surface area contributed by atoms with Gasteiger partial charge < -0.3 is 0 Å². The Bertz CT molecular complexity index is 1210. The van der Waals surface area contributed by atoms with Gasteiger partial charge >= 0.3 is 0 Å². The third-order valence-electron chi connectivity index (χ3n) is 8.20. The normalized spacial score (nSPS) is 11.0. The van der Waals surface area contributed by atoms with Gasteiger partial charge in [0.05, 0.1) is 0 Å². The van der Waals surface area contributed by atoms with Gasteiger partial charge in [-0.05, 0) is 70.2 Å². The first kappa shape index (κ1) is 36.3. The van der Waals surface area contributed by atoms with E-state index in [1.807, 2.05) is 23.5 Å². The van der Waals surface area contributed by atoms with Gasteiger partial charge in [0.1, 0.15) is 0 Å². The molecule has 44 heavy (non-hydrogen) atoms. The number of benzene rings is 2. The van der Waals surface area contributed by atoms with Crippen LogP contribution in [0, 0.1) is 0 Å². The lowest BCUT2D eigenvalue weighted by molar-refractivity contribution is 0.586. The summed E-state index contributed by atoms with van der Waals surface area (Å²) in [5.41, 5.74) is 0. The molecule has 0 spiro atoms. The van der Waals surface area contributed by atoms with Gasteiger partial charge in [-0.15, -0.1) is 23.5 Å². The molecule has 0 unspecified atom stereocenters. The van der Waals surface area contributed by atoms with E-state index in [1.54, 1.807) is 0 Å². The average molecular weight is 627 g/mol. The maximum atomic E-state index is 2.45. The number of rotatable bonds is 20. The van der Waals surface area contributed by atoms with Crippen LogP contribution in [0.5, 0.6) is 0 Å². The standard InChI is InChI=1S/C42H58S2/c1-3-5-7-9-11-17-21-27-33-43-41-31-23-19-15-13-14-16-20-24-32-42(44-34-28-22-18-12-10-8-6-4-2)40-36-38-30-26-25-29-37(38)35-39(40)41/h13-16,19-20,23-26,29-32,35-36H,3-12,17-18,21-22,27-28,33-34H2,1-2H3. The smallest absolute Gasteiger partial charge is 0.0151 e. The van der Waals surface area contributed by atoms with Gasteiger partial charge in [0.15, 0.2) is 0 Å². The second-order valence-corrected chi connectivity index (χ2v) is 14.3. The minimum Gasteiger partial charge on any atom is -0.126 e. The summed E-state index contributed by atoms with van der Waals surface area (Å²) in [7, 11) is 0. The average Bonchev–Trinajstić information content (AvgIpc) is 3.04. The first-order chi connectivity index (χ1) is 21.8. The molecular formula is C42H58S2. The molecule has 0 saturated carbocycles. The van der Waals surface area contributed by atoms with Crippen LogP contribution in [0.25, 0.3) is 21.5 Å². The van der Waals surface area contributed by atoms with Gasteiger partial charge in [0.2, 0.25) is 0 Å². The topological polar surface area (TPSA) is 0 Å². The number of fused-ring (bicyclic) bond motifs is 2. The van der Waals surface area contributed by atoms with E-state index in [0.29, 0.717) is 0 Å². The summed E-state index contributed by atoms with van der Waals surface area (Å²) in [5.74, 6) is 2.34. The van der Waals surface area contributed by atoms with Crippen molar-refractivity contribution in [2.24, 2.45) is 0 Å². The molecule has 0 fully saturated rings. The fourth-order valence-electron chi connectivity index (χ4n) is 5.59. The van der Waals surface area contributed by atoms with E-state index in [-0.39, 0.29) is 0 Å². The molecule has 0 N–H and O–H groups in total. The molecule has 0 radical (unpaired) electrons. The lowest BCUT2D eigenvalue weighted by atomic mass is 10.0. The molecule has 0 aliphatic heterocycles. The Morgan fingerprint density at radius 1 is 0.364 bits per heavy atom. The summed E-state index contributed by atoms with van der Waals surface area (Å²) in [6.45, 7) is 4.60. The molecule has 2 heteroatoms. The third kappa shape index (κ3) is 14.7. The molecule has 0 aromatic heterocycles. The molecule has 3 aromatic carbocycles. The predicted molar refractivity (Wildman–Crippen MR) is 203 cm³/mol. The van der Waals surface area contributed by atoms with Gasteiger partial charge in [-0.3, -0.25) is 0 Å². The molecule has 0 saturated heterocycles. The van der Waals surface area contributed by atoms with E-state index in [4.69, 9.17) is 0 Å². The second kappa shape index (κ2) is 24.1. The largest absolute Gasteiger partial charge is 0.126 e. The number of unbranched alkanes of at least 4 members (excludes halogenated alkanes) is 14. The van der Waals surface area contributed by atoms with Gasteiger partial charge in [-0.2, -0.15) is 0 Å². The van der Waals surface area contributed by atoms with Crippen LogP contribution in [0.15, 0.2) is 107 Å². The Morgan fingerprint density at radius 3 is 1.07 bits per heavy atom. The van der Waals surface area contributed by atoms with E-state index in [2.05, 4.69) is 111 Å². The monoisotopic (exact) mass is 626 g/mol. The molecule has 0 amide bonds. The van der Waals surface area contributed by atoms with Crippen molar-refractivity contribution in [3.8, 4) is 0 Å². The fraction of sp³-hybridized carbons (Fsp3) is 0.476. The van der Waals surface area contributed by atoms with Crippen molar-refractivity contribution in [1.29, 1.82) is 0 Å². The van der Waals surface area contributed by atoms with Crippen molar-refractivity contribution in [3.63, 3.8) is 0 Å². The number of hydrogen-bond donors (Lipinski definition) is 0. The van der Waals surface area contributed by atoms with Crippen molar-refractivity contribution < 1.29 is 0 Å². The van der Waals surface area contributed by atoms with Crippen LogP contribution >= 0.6 is 23.5 Å². The molecule has 0 aliphatic rings. The quantitative estimate of drug-likeness (QED) is 0.0904. The highest BCUT2D eigenvalue weighted by molar-refractivity contribution is 7.99. The third-order valence-corrected chi connectivity index (χ3v) is 10.5. The first-order valence-corrected chi connectivity index (χ1v) is 19.7. The van der Waals surface area contributed by atoms with Crippen LogP contribution in [0.4, 0.5) is 0 Å². The summed E-state index contributed by atoms with van der Waals surface area (Å²) >= 11 is 4.09. The van der Waals surface area contributed by atoms with Gasteiger partial charge in [-0.1, -0.05) is 177 Å². The molecule has 0 aliphatic carbocycles. The van der Waals surface area contributed by atoms with Crippen molar-refractivity contribution in [2.75, 3.05) is 11.5 Å². The Balaban J connectivity index is 1.88. The van der Waals surface area contributed by atoms with Crippen molar-refractivity contribution in [1.82, 2.24) is 0 Å². The van der Waals surface area contributed by atoms with Crippen LogP contribution in [0.3, 0.4) is 0 Å². The molecule has 0 atom stereocenters. The maximum Gasteiger partial charge on any atom is 0.0151 e. The molecule has 3 rings (SSSR count). The molecule has 0 bridgehead atoms. The van der Waals surface area contributed by atoms with E-state index < -0.39 is 0 Å². The highest BCUT2D eigenvalue weighted by atomic mass is 32.2. The van der Waals surface area contributed by atoms with Gasteiger partial charge in [0, 0.05) is 9.79 Å². The van der Waals surface area contributed by atoms with Gasteiger partial charge in [-0.25, -0.2) is 0 Å². The Kier molecular flexibility index (Phi) is 19.9. The molecule has 238 valence electrons. The fourth-order valence-corrected chi connectivity index (χ4v) is 7.72. The lowest BCUT2D eigenvalue weighted by Crippen LogP contribution is -1.86. The molecular weight excluding hydrogens is 569 g/mol. The van der Waals surface area contributed by atoms with Crippen LogP contribution in [-0.4, -0.2) is 11.5 Å². The Morgan fingerprint density at radius 2 is 0.682 bits per heavy atom. The summed E-state index contributed by atoms with van der Waals surface area (Å²) in [5, 5.41) is 5.39. The van der Waals surface area contributed by atoms with Crippen molar-refractivity contribution in [3.05, 3.63) is 97.1 Å². The van der Waals surface area contributed by atoms with Gasteiger partial charge in [0.25, 0.3) is 0 Å². The Labute approximate surface area is 278 Å². The minimum absolute atomic E-state index is 1.17. The molecule has 0 nitrogen and oxygen atoms in total. The van der Waals surface area contributed by atoms with Crippen molar-refractivity contribution >= 4 is 45.1 Å². The molecule has 0 heterocycles. The summed E-state index contributed by atoms with van der Waals surface area (Å²) in [6, 6.07) is 35.7. The maximum absolute atomic E-state index is 2.45. The zero-order valence-corrected chi connectivity index (χ0v) is 29.4. The first-order valence-electron chi connectivity index (χ1n) is 17.7. The van der Waals surface area contributed by atoms with Crippen LogP contribution in [0.2, 0.25) is 0 Å². The summed E-state index contributed by atoms with van der Waals surface area (Å²) in [6.07, 6.45) is 21.8. The number of thioether (sulfide) groups is 2. The molecule has 3 aromatic rings. The Hall–Kier alpha value is -2.16. The summed E-state index contributed by atoms with van der Waals surface area (Å²) < 4.78 is 0. The van der Waals surface area contributed by atoms with Crippen LogP contribution < -0.4 is 0 Å². The van der Waals surface area contributed by atoms with E-state index in [9.17, 15) is 0 Å². The van der Waals surface area contributed by atoms with Crippen LogP contribution in [0.1, 0.15) is 117 Å². The SMILES string of the molecule is CCCCCCCCCCSc1ccccccccccc(SCCCCCCCCCC)c2cc3ccccc3cc12. The zero-order chi connectivity index (χ0) is 30.9. The second-order valence-electron chi connectivity index (χ2n) is 12.0. The minimum atomic E-state index is 1.17. The highest BCUT2D eigenvalue weighted by Crippen LogP contribution is 2.35. The van der Waals surface area contributed by atoms with E-state index in [1.165, 1.54) is 146 Å². The van der Waals surface area contributed by atoms with Crippen molar-refractivity contribution in [2.45, 2.75) is 126 Å². The number of hydrogen-bond acceptors (Lipinski definition) is 2. The predicted octanol–water partition coefficient (Wildman–Crippen LogP) is 14.7. The van der Waals surface area contributed by atoms with E-state index in [0.717, 1.165) is 0 Å². The van der Waals surface area contributed by atoms with Crippen LogP contribution in [-0.2, 0) is 0 Å². The zero-order valence-electron chi connectivity index (χ0n) is 27.8. The highest BCUT2D eigenvalue weighted by Gasteiger charge is 2.07. The summed E-state index contributed by atoms with van der Waals surface area (Å²) in [4.78, 5) is 2.77. The van der Waals surface area contributed by atoms with E-state index >= 15 is 0 Å².